The zero-order valence-electron chi connectivity index (χ0n) is 13.0. The average molecular weight is 266 g/mol. The monoisotopic (exact) mass is 266 g/mol. The van der Waals surface area contributed by atoms with Crippen LogP contribution in [-0.2, 0) is 4.74 Å². The van der Waals surface area contributed by atoms with Gasteiger partial charge in [-0.1, -0.05) is 64.7 Å². The van der Waals surface area contributed by atoms with Gasteiger partial charge in [0.1, 0.15) is 0 Å². The first-order valence-electron chi connectivity index (χ1n) is 9.00. The predicted octanol–water partition coefficient (Wildman–Crippen LogP) is 5.72. The first kappa shape index (κ1) is 15.4. The van der Waals surface area contributed by atoms with Gasteiger partial charge in [0, 0.05) is 6.61 Å². The summed E-state index contributed by atoms with van der Waals surface area (Å²) >= 11 is 0. The third kappa shape index (κ3) is 5.85. The molecule has 2 saturated carbocycles. The first-order chi connectivity index (χ1) is 9.38. The van der Waals surface area contributed by atoms with Crippen LogP contribution >= 0.6 is 0 Å². The minimum Gasteiger partial charge on any atom is -0.378 e. The number of ether oxygens (including phenoxy) is 1. The minimum absolute atomic E-state index is 0.606. The molecule has 19 heavy (non-hydrogen) atoms. The predicted molar refractivity (Wildman–Crippen MR) is 82.4 cm³/mol. The summed E-state index contributed by atoms with van der Waals surface area (Å²) in [6, 6.07) is 0. The molecule has 0 aliphatic heterocycles. The van der Waals surface area contributed by atoms with Gasteiger partial charge in [0.2, 0.25) is 0 Å². The van der Waals surface area contributed by atoms with Crippen molar-refractivity contribution >= 4 is 0 Å². The molecule has 0 aromatic rings. The Hall–Kier alpha value is -0.0400. The zero-order valence-corrected chi connectivity index (χ0v) is 13.0. The Labute approximate surface area is 120 Å². The molecule has 2 fully saturated rings. The molecule has 0 saturated heterocycles. The Bertz CT molecular complexity index is 212. The van der Waals surface area contributed by atoms with E-state index in [1.165, 1.54) is 83.5 Å². The van der Waals surface area contributed by atoms with Crippen molar-refractivity contribution in [2.75, 3.05) is 6.61 Å². The van der Waals surface area contributed by atoms with Crippen molar-refractivity contribution in [2.45, 2.75) is 96.5 Å². The fourth-order valence-corrected chi connectivity index (χ4v) is 4.07. The topological polar surface area (TPSA) is 9.23 Å². The fraction of sp³-hybridized carbons (Fsp3) is 1.00. The molecule has 0 heterocycles. The molecule has 0 aromatic heterocycles. The van der Waals surface area contributed by atoms with Crippen LogP contribution in [0.5, 0.6) is 0 Å². The summed E-state index contributed by atoms with van der Waals surface area (Å²) in [7, 11) is 0. The van der Waals surface area contributed by atoms with Gasteiger partial charge in [-0.25, -0.2) is 0 Å². The van der Waals surface area contributed by atoms with Gasteiger partial charge in [0.05, 0.1) is 6.10 Å². The molecular weight excluding hydrogens is 232 g/mol. The van der Waals surface area contributed by atoms with E-state index >= 15 is 0 Å². The molecule has 0 N–H and O–H groups in total. The van der Waals surface area contributed by atoms with E-state index in [4.69, 9.17) is 4.74 Å². The van der Waals surface area contributed by atoms with E-state index in [0.29, 0.717) is 6.10 Å². The maximum Gasteiger partial charge on any atom is 0.0575 e. The van der Waals surface area contributed by atoms with Crippen molar-refractivity contribution < 1.29 is 4.74 Å². The fourth-order valence-electron chi connectivity index (χ4n) is 4.07. The highest BCUT2D eigenvalue weighted by Gasteiger charge is 2.20. The van der Waals surface area contributed by atoms with Gasteiger partial charge in [-0.3, -0.25) is 0 Å². The van der Waals surface area contributed by atoms with Crippen molar-refractivity contribution in [3.05, 3.63) is 0 Å². The summed E-state index contributed by atoms with van der Waals surface area (Å²) in [6.07, 6.45) is 19.0. The third-order valence-electron chi connectivity index (χ3n) is 5.33. The summed E-state index contributed by atoms with van der Waals surface area (Å²) in [5, 5.41) is 0. The highest BCUT2D eigenvalue weighted by atomic mass is 16.5. The van der Waals surface area contributed by atoms with Crippen LogP contribution < -0.4 is 0 Å². The van der Waals surface area contributed by atoms with E-state index < -0.39 is 0 Å². The Morgan fingerprint density at radius 2 is 1.42 bits per heavy atom. The maximum atomic E-state index is 6.03. The van der Waals surface area contributed by atoms with Crippen molar-refractivity contribution in [2.24, 2.45) is 11.8 Å². The van der Waals surface area contributed by atoms with Crippen LogP contribution in [0, 0.1) is 11.8 Å². The largest absolute Gasteiger partial charge is 0.378 e. The molecule has 1 nitrogen and oxygen atoms in total. The molecule has 0 bridgehead atoms. The lowest BCUT2D eigenvalue weighted by atomic mass is 9.78. The highest BCUT2D eigenvalue weighted by Crippen LogP contribution is 2.33. The molecule has 0 amide bonds. The maximum absolute atomic E-state index is 6.03. The summed E-state index contributed by atoms with van der Waals surface area (Å²) in [6.45, 7) is 3.36. The lowest BCUT2D eigenvalue weighted by Crippen LogP contribution is -2.18. The number of hydrogen-bond donors (Lipinski definition) is 0. The molecule has 0 unspecified atom stereocenters. The van der Waals surface area contributed by atoms with Crippen molar-refractivity contribution in [1.29, 1.82) is 0 Å². The van der Waals surface area contributed by atoms with Crippen LogP contribution in [0.15, 0.2) is 0 Å². The van der Waals surface area contributed by atoms with Crippen molar-refractivity contribution in [1.82, 2.24) is 0 Å². The lowest BCUT2D eigenvalue weighted by molar-refractivity contribution is 0.0240. The average Bonchev–Trinajstić information content (AvgIpc) is 2.47. The molecule has 0 spiro atoms. The van der Waals surface area contributed by atoms with Crippen LogP contribution in [0.2, 0.25) is 0 Å². The molecule has 2 rings (SSSR count). The van der Waals surface area contributed by atoms with E-state index in [9.17, 15) is 0 Å². The zero-order chi connectivity index (χ0) is 13.3. The summed E-state index contributed by atoms with van der Waals surface area (Å²) in [5.74, 6) is 2.07. The van der Waals surface area contributed by atoms with Crippen LogP contribution in [0.4, 0.5) is 0 Å². The quantitative estimate of drug-likeness (QED) is 0.535. The second-order valence-electron chi connectivity index (χ2n) is 6.95. The summed E-state index contributed by atoms with van der Waals surface area (Å²) in [5.41, 5.74) is 0. The Balaban J connectivity index is 1.47. The number of rotatable bonds is 7. The second kappa shape index (κ2) is 9.00. The standard InChI is InChI=1S/C18H34O/c1-2-7-16-11-13-17(14-12-16)8-6-15-19-18-9-4-3-5-10-18/h16-18H,2-15H2,1H3. The Morgan fingerprint density at radius 1 is 0.789 bits per heavy atom. The van der Waals surface area contributed by atoms with Crippen LogP contribution in [0.3, 0.4) is 0 Å². The third-order valence-corrected chi connectivity index (χ3v) is 5.33. The van der Waals surface area contributed by atoms with E-state index in [1.807, 2.05) is 0 Å². The van der Waals surface area contributed by atoms with Crippen LogP contribution in [0.25, 0.3) is 0 Å². The van der Waals surface area contributed by atoms with Crippen LogP contribution in [0.1, 0.15) is 90.4 Å². The first-order valence-corrected chi connectivity index (χ1v) is 9.00. The lowest BCUT2D eigenvalue weighted by Gasteiger charge is -2.28. The molecule has 112 valence electrons. The van der Waals surface area contributed by atoms with Crippen LogP contribution in [-0.4, -0.2) is 12.7 Å². The molecule has 0 atom stereocenters. The summed E-state index contributed by atoms with van der Waals surface area (Å²) in [4.78, 5) is 0. The van der Waals surface area contributed by atoms with Gasteiger partial charge >= 0.3 is 0 Å². The smallest absolute Gasteiger partial charge is 0.0575 e. The van der Waals surface area contributed by atoms with E-state index in [0.717, 1.165) is 18.4 Å². The molecule has 0 radical (unpaired) electrons. The van der Waals surface area contributed by atoms with Gasteiger partial charge in [-0.15, -0.1) is 0 Å². The molecule has 0 aromatic carbocycles. The molecule has 2 aliphatic carbocycles. The molecule has 1 heteroatoms. The molecule has 2 aliphatic rings. The van der Waals surface area contributed by atoms with Gasteiger partial charge in [-0.2, -0.15) is 0 Å². The minimum atomic E-state index is 0.606. The van der Waals surface area contributed by atoms with E-state index in [-0.39, 0.29) is 0 Å². The van der Waals surface area contributed by atoms with Gasteiger partial charge < -0.3 is 4.74 Å². The highest BCUT2D eigenvalue weighted by molar-refractivity contribution is 4.72. The van der Waals surface area contributed by atoms with Gasteiger partial charge in [0.25, 0.3) is 0 Å². The van der Waals surface area contributed by atoms with Crippen molar-refractivity contribution in [3.63, 3.8) is 0 Å². The summed E-state index contributed by atoms with van der Waals surface area (Å²) < 4.78 is 6.03. The normalized spacial score (nSPS) is 29.5. The van der Waals surface area contributed by atoms with Gasteiger partial charge in [0.15, 0.2) is 0 Å². The number of hydrogen-bond acceptors (Lipinski definition) is 1. The van der Waals surface area contributed by atoms with E-state index in [2.05, 4.69) is 6.92 Å². The Morgan fingerprint density at radius 3 is 2.05 bits per heavy atom. The second-order valence-corrected chi connectivity index (χ2v) is 6.95. The SMILES string of the molecule is CCCC1CCC(CCCOC2CCCCC2)CC1. The van der Waals surface area contributed by atoms with E-state index in [1.54, 1.807) is 0 Å². The molecular formula is C18H34O. The van der Waals surface area contributed by atoms with Crippen molar-refractivity contribution in [3.8, 4) is 0 Å². The van der Waals surface area contributed by atoms with Gasteiger partial charge in [-0.05, 0) is 37.5 Å². The Kier molecular flexibility index (Phi) is 7.27.